The van der Waals surface area contributed by atoms with Crippen LogP contribution in [0.3, 0.4) is 0 Å². The molecule has 1 aliphatic heterocycles. The first kappa shape index (κ1) is 24.6. The minimum absolute atomic E-state index is 0.0328. The van der Waals surface area contributed by atoms with Gasteiger partial charge in [0.2, 0.25) is 5.95 Å². The second-order valence-corrected chi connectivity index (χ2v) is 8.41. The molecule has 2 amide bonds. The minimum atomic E-state index is -1.26. The average Bonchev–Trinajstić information content (AvgIpc) is 2.92. The normalized spacial score (nSPS) is 16.0. The minimum Gasteiger partial charge on any atom is -0.480 e. The van der Waals surface area contributed by atoms with Crippen LogP contribution in [0.15, 0.2) is 73.1 Å². The number of nitrogens with one attached hydrogen (secondary N) is 3. The fourth-order valence-electron chi connectivity index (χ4n) is 4.05. The zero-order valence-electron chi connectivity index (χ0n) is 19.6. The van der Waals surface area contributed by atoms with Crippen LogP contribution >= 0.6 is 0 Å². The first-order valence-electron chi connectivity index (χ1n) is 11.8. The van der Waals surface area contributed by atoms with Crippen LogP contribution in [0.2, 0.25) is 0 Å². The summed E-state index contributed by atoms with van der Waals surface area (Å²) in [6, 6.07) is 16.0. The van der Waals surface area contributed by atoms with Crippen LogP contribution in [-0.4, -0.2) is 58.2 Å². The van der Waals surface area contributed by atoms with E-state index in [0.717, 1.165) is 31.5 Å². The number of benzene rings is 2. The molecule has 0 saturated carbocycles. The number of anilines is 2. The number of amides is 2. The molecule has 10 nitrogen and oxygen atoms in total. The molecule has 2 aromatic carbocycles. The van der Waals surface area contributed by atoms with Gasteiger partial charge in [0.1, 0.15) is 12.2 Å². The highest BCUT2D eigenvalue weighted by atomic mass is 16.4. The highest BCUT2D eigenvalue weighted by Crippen LogP contribution is 2.25. The second kappa shape index (κ2) is 11.8. The summed E-state index contributed by atoms with van der Waals surface area (Å²) in [5, 5.41) is 17.9. The Bertz CT molecular complexity index is 1170. The molecule has 0 aliphatic carbocycles. The highest BCUT2D eigenvalue weighted by Gasteiger charge is 2.24. The molecular weight excluding hydrogens is 460 g/mol. The van der Waals surface area contributed by atoms with Gasteiger partial charge in [0.05, 0.1) is 0 Å². The Morgan fingerprint density at radius 2 is 1.61 bits per heavy atom. The first-order chi connectivity index (χ1) is 17.5. The molecule has 4 rings (SSSR count). The molecule has 1 aromatic heterocycles. The van der Waals surface area contributed by atoms with Crippen molar-refractivity contribution in [1.82, 2.24) is 20.6 Å². The fraction of sp³-hybridized carbons (Fsp3) is 0.269. The molecule has 4 N–H and O–H groups in total. The number of carbonyl (C=O) groups is 3. The summed E-state index contributed by atoms with van der Waals surface area (Å²) in [7, 11) is 0. The zero-order chi connectivity index (χ0) is 25.3. The summed E-state index contributed by atoms with van der Waals surface area (Å²) >= 11 is 0. The highest BCUT2D eigenvalue weighted by molar-refractivity contribution is 5.97. The smallest absolute Gasteiger partial charge is 0.328 e. The number of carbonyl (C=O) groups excluding carboxylic acids is 2. The van der Waals surface area contributed by atoms with Gasteiger partial charge in [-0.05, 0) is 61.7 Å². The number of rotatable bonds is 9. The van der Waals surface area contributed by atoms with Gasteiger partial charge in [-0.1, -0.05) is 18.2 Å². The largest absolute Gasteiger partial charge is 0.480 e. The summed E-state index contributed by atoms with van der Waals surface area (Å²) in [5.41, 5.74) is 1.69. The molecule has 10 heteroatoms. The number of aromatic nitrogens is 2. The lowest BCUT2D eigenvalue weighted by atomic mass is 10.1. The number of piperidine rings is 1. The van der Waals surface area contributed by atoms with E-state index in [1.165, 1.54) is 0 Å². The van der Waals surface area contributed by atoms with E-state index in [1.807, 2.05) is 12.1 Å². The van der Waals surface area contributed by atoms with Crippen molar-refractivity contribution in [3.05, 3.63) is 84.2 Å². The summed E-state index contributed by atoms with van der Waals surface area (Å²) in [6.45, 7) is 0.612. The van der Waals surface area contributed by atoms with Crippen LogP contribution in [0.4, 0.5) is 11.6 Å². The zero-order valence-corrected chi connectivity index (χ0v) is 19.6. The van der Waals surface area contributed by atoms with Gasteiger partial charge in [-0.15, -0.1) is 0 Å². The van der Waals surface area contributed by atoms with Crippen molar-refractivity contribution in [2.45, 2.75) is 31.5 Å². The van der Waals surface area contributed by atoms with E-state index in [9.17, 15) is 19.5 Å². The van der Waals surface area contributed by atoms with Gasteiger partial charge in [-0.3, -0.25) is 9.59 Å². The van der Waals surface area contributed by atoms with Crippen LogP contribution in [-0.2, 0) is 4.79 Å². The second-order valence-electron chi connectivity index (χ2n) is 8.41. The molecular formula is C26H28N6O4. The molecule has 186 valence electrons. The quantitative estimate of drug-likeness (QED) is 0.361. The molecule has 1 aliphatic rings. The fourth-order valence-corrected chi connectivity index (χ4v) is 4.05. The van der Waals surface area contributed by atoms with Crippen LogP contribution < -0.4 is 20.9 Å². The number of aliphatic carboxylic acids is 1. The molecule has 2 atom stereocenters. The standard InChI is InChI=1S/C26H28N6O4/c33-23(29-17-21(25(35)36)30-24(34)18-7-2-1-3-8-18)19-10-12-20(13-11-19)32-16-5-4-9-22(32)31-26-27-14-6-15-28-26/h1-3,6-8,10-15,21-22H,4-5,9,16-17H2,(H,29,33)(H,30,34)(H,35,36)(H,27,28,31)/t21-,22-/m0/s1. The maximum absolute atomic E-state index is 12.7. The topological polar surface area (TPSA) is 137 Å². The van der Waals surface area contributed by atoms with Crippen molar-refractivity contribution in [3.63, 3.8) is 0 Å². The third-order valence-corrected chi connectivity index (χ3v) is 5.93. The van der Waals surface area contributed by atoms with Gasteiger partial charge in [0, 0.05) is 42.3 Å². The summed E-state index contributed by atoms with van der Waals surface area (Å²) in [5.74, 6) is -1.61. The van der Waals surface area contributed by atoms with Gasteiger partial charge in [-0.2, -0.15) is 0 Å². The Morgan fingerprint density at radius 3 is 2.31 bits per heavy atom. The number of carboxylic acids is 1. The van der Waals surface area contributed by atoms with E-state index in [-0.39, 0.29) is 12.7 Å². The lowest BCUT2D eigenvalue weighted by Gasteiger charge is -2.38. The molecule has 1 fully saturated rings. The number of hydrogen-bond acceptors (Lipinski definition) is 7. The van der Waals surface area contributed by atoms with Crippen molar-refractivity contribution >= 4 is 29.4 Å². The SMILES string of the molecule is O=C(NC[C@H](NC(=O)c1ccccc1)C(=O)O)c1ccc(N2CCCC[C@H]2Nc2ncccn2)cc1. The summed E-state index contributed by atoms with van der Waals surface area (Å²) < 4.78 is 0. The first-order valence-corrected chi connectivity index (χ1v) is 11.8. The van der Waals surface area contributed by atoms with Crippen molar-refractivity contribution < 1.29 is 19.5 Å². The van der Waals surface area contributed by atoms with E-state index in [0.29, 0.717) is 17.1 Å². The van der Waals surface area contributed by atoms with E-state index in [4.69, 9.17) is 0 Å². The lowest BCUT2D eigenvalue weighted by Crippen LogP contribution is -2.48. The molecule has 36 heavy (non-hydrogen) atoms. The van der Waals surface area contributed by atoms with E-state index >= 15 is 0 Å². The molecule has 0 unspecified atom stereocenters. The van der Waals surface area contributed by atoms with Crippen LogP contribution in [0, 0.1) is 0 Å². The Balaban J connectivity index is 1.36. The number of hydrogen-bond donors (Lipinski definition) is 4. The van der Waals surface area contributed by atoms with Crippen molar-refractivity contribution in [2.75, 3.05) is 23.3 Å². The van der Waals surface area contributed by atoms with Crippen LogP contribution in [0.1, 0.15) is 40.0 Å². The van der Waals surface area contributed by atoms with Gasteiger partial charge in [-0.25, -0.2) is 14.8 Å². The Kier molecular flexibility index (Phi) is 8.07. The molecule has 0 radical (unpaired) electrons. The predicted molar refractivity (Wildman–Crippen MR) is 135 cm³/mol. The van der Waals surface area contributed by atoms with E-state index in [2.05, 4.69) is 30.8 Å². The number of carboxylic acid groups (broad SMARTS) is 1. The predicted octanol–water partition coefficient (Wildman–Crippen LogP) is 2.52. The van der Waals surface area contributed by atoms with Crippen molar-refractivity contribution in [2.24, 2.45) is 0 Å². The molecule has 2 heterocycles. The molecule has 0 bridgehead atoms. The Hall–Kier alpha value is -4.47. The van der Waals surface area contributed by atoms with Gasteiger partial charge < -0.3 is 26.0 Å². The van der Waals surface area contributed by atoms with E-state index in [1.54, 1.807) is 60.9 Å². The van der Waals surface area contributed by atoms with Gasteiger partial charge >= 0.3 is 5.97 Å². The third-order valence-electron chi connectivity index (χ3n) is 5.93. The summed E-state index contributed by atoms with van der Waals surface area (Å²) in [6.07, 6.45) is 6.50. The average molecular weight is 489 g/mol. The van der Waals surface area contributed by atoms with E-state index < -0.39 is 23.8 Å². The lowest BCUT2D eigenvalue weighted by molar-refractivity contribution is -0.139. The van der Waals surface area contributed by atoms with Crippen molar-refractivity contribution in [1.29, 1.82) is 0 Å². The molecule has 0 spiro atoms. The maximum atomic E-state index is 12.7. The van der Waals surface area contributed by atoms with Gasteiger partial charge in [0.25, 0.3) is 11.8 Å². The van der Waals surface area contributed by atoms with Gasteiger partial charge in [0.15, 0.2) is 0 Å². The monoisotopic (exact) mass is 488 g/mol. The maximum Gasteiger partial charge on any atom is 0.328 e. The number of nitrogens with zero attached hydrogens (tertiary/aromatic N) is 3. The summed E-state index contributed by atoms with van der Waals surface area (Å²) in [4.78, 5) is 47.3. The molecule has 1 saturated heterocycles. The Morgan fingerprint density at radius 1 is 0.917 bits per heavy atom. The van der Waals surface area contributed by atoms with Crippen LogP contribution in [0.25, 0.3) is 0 Å². The van der Waals surface area contributed by atoms with Crippen molar-refractivity contribution in [3.8, 4) is 0 Å². The Labute approximate surface area is 208 Å². The molecule has 3 aromatic rings. The third kappa shape index (κ3) is 6.35. The van der Waals surface area contributed by atoms with Crippen LogP contribution in [0.5, 0.6) is 0 Å².